The number of aromatic nitrogens is 2. The fraction of sp³-hybridized carbons (Fsp3) is 0.200. The van der Waals surface area contributed by atoms with Crippen molar-refractivity contribution < 1.29 is 14.3 Å². The van der Waals surface area contributed by atoms with Crippen molar-refractivity contribution in [3.8, 4) is 0 Å². The Kier molecular flexibility index (Phi) is 2.57. The molecule has 0 radical (unpaired) electrons. The topological polar surface area (TPSA) is 92.0 Å². The first kappa shape index (κ1) is 10.6. The van der Waals surface area contributed by atoms with Crippen LogP contribution in [0.5, 0.6) is 0 Å². The lowest BCUT2D eigenvalue weighted by molar-refractivity contribution is -0.138. The third-order valence-corrected chi connectivity index (χ3v) is 2.35. The highest BCUT2D eigenvalue weighted by Gasteiger charge is 2.17. The van der Waals surface area contributed by atoms with E-state index in [-0.39, 0.29) is 6.42 Å². The lowest BCUT2D eigenvalue weighted by Gasteiger charge is -2.04. The van der Waals surface area contributed by atoms with Crippen molar-refractivity contribution in [1.82, 2.24) is 10.2 Å². The van der Waals surface area contributed by atoms with E-state index in [1.165, 1.54) is 6.07 Å². The molecule has 0 bridgehead atoms. The van der Waals surface area contributed by atoms with Gasteiger partial charge in [-0.2, -0.15) is 5.10 Å². The number of rotatable bonds is 3. The van der Waals surface area contributed by atoms with Gasteiger partial charge in [0.15, 0.2) is 0 Å². The van der Waals surface area contributed by atoms with E-state index in [0.29, 0.717) is 16.6 Å². The maximum absolute atomic E-state index is 13.5. The van der Waals surface area contributed by atoms with Gasteiger partial charge in [-0.3, -0.25) is 9.89 Å². The van der Waals surface area contributed by atoms with Crippen LogP contribution in [0.15, 0.2) is 18.2 Å². The van der Waals surface area contributed by atoms with Gasteiger partial charge < -0.3 is 10.8 Å². The number of carbonyl (C=O) groups is 1. The number of nitrogens with two attached hydrogens (primary N) is 1. The minimum atomic E-state index is -1.13. The monoisotopic (exact) mass is 223 g/mol. The van der Waals surface area contributed by atoms with Gasteiger partial charge in [-0.05, 0) is 12.1 Å². The Bertz CT molecular complexity index is 538. The molecular weight excluding hydrogens is 213 g/mol. The van der Waals surface area contributed by atoms with Gasteiger partial charge >= 0.3 is 5.97 Å². The quantitative estimate of drug-likeness (QED) is 0.712. The fourth-order valence-electron chi connectivity index (χ4n) is 1.54. The maximum Gasteiger partial charge on any atom is 0.320 e. The summed E-state index contributed by atoms with van der Waals surface area (Å²) in [5, 5.41) is 15.5. The molecular formula is C10H10FN3O2. The summed E-state index contributed by atoms with van der Waals surface area (Å²) < 4.78 is 13.5. The number of hydrogen-bond acceptors (Lipinski definition) is 3. The lowest BCUT2D eigenvalue weighted by Crippen LogP contribution is -2.32. The van der Waals surface area contributed by atoms with E-state index in [0.717, 1.165) is 0 Å². The molecule has 1 atom stereocenters. The molecule has 1 aromatic carbocycles. The van der Waals surface area contributed by atoms with Crippen LogP contribution in [-0.2, 0) is 11.2 Å². The number of fused-ring (bicyclic) bond motifs is 1. The highest BCUT2D eigenvalue weighted by Crippen LogP contribution is 2.20. The number of halogens is 1. The van der Waals surface area contributed by atoms with E-state index >= 15 is 0 Å². The molecule has 1 aromatic heterocycles. The molecule has 5 nitrogen and oxygen atoms in total. The number of nitrogens with zero attached hydrogens (tertiary/aromatic N) is 1. The molecule has 0 amide bonds. The number of nitrogens with one attached hydrogen (secondary N) is 1. The Morgan fingerprint density at radius 2 is 2.38 bits per heavy atom. The van der Waals surface area contributed by atoms with Crippen molar-refractivity contribution in [3.05, 3.63) is 29.7 Å². The number of benzene rings is 1. The zero-order valence-electron chi connectivity index (χ0n) is 8.27. The zero-order chi connectivity index (χ0) is 11.7. The van der Waals surface area contributed by atoms with Crippen LogP contribution in [0.1, 0.15) is 5.69 Å². The van der Waals surface area contributed by atoms with Crippen molar-refractivity contribution in [2.75, 3.05) is 0 Å². The zero-order valence-corrected chi connectivity index (χ0v) is 8.27. The van der Waals surface area contributed by atoms with Crippen LogP contribution in [-0.4, -0.2) is 27.3 Å². The lowest BCUT2D eigenvalue weighted by atomic mass is 10.1. The van der Waals surface area contributed by atoms with Crippen LogP contribution in [0.4, 0.5) is 4.39 Å². The number of carboxylic acids is 1. The summed E-state index contributed by atoms with van der Waals surface area (Å²) in [6.07, 6.45) is 0.0206. The molecule has 0 aliphatic rings. The Morgan fingerprint density at radius 1 is 1.62 bits per heavy atom. The van der Waals surface area contributed by atoms with Gasteiger partial charge in [0.25, 0.3) is 0 Å². The van der Waals surface area contributed by atoms with Crippen molar-refractivity contribution in [2.45, 2.75) is 12.5 Å². The summed E-state index contributed by atoms with van der Waals surface area (Å²) >= 11 is 0. The fourth-order valence-corrected chi connectivity index (χ4v) is 1.54. The summed E-state index contributed by atoms with van der Waals surface area (Å²) in [5.74, 6) is -1.56. The van der Waals surface area contributed by atoms with E-state index in [1.54, 1.807) is 12.1 Å². The number of aliphatic carboxylic acids is 1. The van der Waals surface area contributed by atoms with Crippen LogP contribution in [0.25, 0.3) is 10.9 Å². The average Bonchev–Trinajstić information content (AvgIpc) is 2.63. The SMILES string of the molecule is NC(Cc1[nH]nc2cccc(F)c12)C(=O)O. The van der Waals surface area contributed by atoms with Gasteiger partial charge in [0.1, 0.15) is 11.9 Å². The second-order valence-electron chi connectivity index (χ2n) is 3.48. The average molecular weight is 223 g/mol. The van der Waals surface area contributed by atoms with Gasteiger partial charge in [-0.1, -0.05) is 6.07 Å². The highest BCUT2D eigenvalue weighted by molar-refractivity contribution is 5.83. The second-order valence-corrected chi connectivity index (χ2v) is 3.48. The molecule has 0 aliphatic carbocycles. The third kappa shape index (κ3) is 1.74. The number of aromatic amines is 1. The smallest absolute Gasteiger partial charge is 0.320 e. The number of carboxylic acid groups (broad SMARTS) is 1. The van der Waals surface area contributed by atoms with Crippen LogP contribution in [0.3, 0.4) is 0 Å². The summed E-state index contributed by atoms with van der Waals surface area (Å²) in [5.41, 5.74) is 6.25. The van der Waals surface area contributed by atoms with Crippen LogP contribution >= 0.6 is 0 Å². The van der Waals surface area contributed by atoms with Crippen molar-refractivity contribution in [2.24, 2.45) is 5.73 Å². The minimum Gasteiger partial charge on any atom is -0.480 e. The highest BCUT2D eigenvalue weighted by atomic mass is 19.1. The van der Waals surface area contributed by atoms with E-state index in [2.05, 4.69) is 10.2 Å². The maximum atomic E-state index is 13.5. The van der Waals surface area contributed by atoms with Gasteiger partial charge in [-0.15, -0.1) is 0 Å². The second kappa shape index (κ2) is 3.90. The van der Waals surface area contributed by atoms with Crippen molar-refractivity contribution in [3.63, 3.8) is 0 Å². The molecule has 0 saturated carbocycles. The van der Waals surface area contributed by atoms with E-state index in [9.17, 15) is 9.18 Å². The first-order valence-electron chi connectivity index (χ1n) is 4.69. The van der Waals surface area contributed by atoms with Crippen LogP contribution < -0.4 is 5.73 Å². The number of H-pyrrole nitrogens is 1. The molecule has 16 heavy (non-hydrogen) atoms. The molecule has 84 valence electrons. The molecule has 0 saturated heterocycles. The van der Waals surface area contributed by atoms with Crippen molar-refractivity contribution in [1.29, 1.82) is 0 Å². The molecule has 2 rings (SSSR count). The van der Waals surface area contributed by atoms with E-state index in [1.807, 2.05) is 0 Å². The summed E-state index contributed by atoms with van der Waals surface area (Å²) in [6, 6.07) is 3.42. The largest absolute Gasteiger partial charge is 0.480 e. The van der Waals surface area contributed by atoms with E-state index in [4.69, 9.17) is 10.8 Å². The normalized spacial score (nSPS) is 12.9. The van der Waals surface area contributed by atoms with Crippen LogP contribution in [0.2, 0.25) is 0 Å². The Morgan fingerprint density at radius 3 is 3.06 bits per heavy atom. The van der Waals surface area contributed by atoms with Gasteiger partial charge in [0.2, 0.25) is 0 Å². The molecule has 6 heteroatoms. The molecule has 0 aliphatic heterocycles. The van der Waals surface area contributed by atoms with Gasteiger partial charge in [0.05, 0.1) is 10.9 Å². The summed E-state index contributed by atoms with van der Waals surface area (Å²) in [6.45, 7) is 0. The predicted molar refractivity (Wildman–Crippen MR) is 55.4 cm³/mol. The molecule has 1 unspecified atom stereocenters. The molecule has 4 N–H and O–H groups in total. The van der Waals surface area contributed by atoms with Gasteiger partial charge in [-0.25, -0.2) is 4.39 Å². The third-order valence-electron chi connectivity index (χ3n) is 2.35. The van der Waals surface area contributed by atoms with Crippen LogP contribution in [0, 0.1) is 5.82 Å². The molecule has 1 heterocycles. The predicted octanol–water partition coefficient (Wildman–Crippen LogP) is 0.656. The minimum absolute atomic E-state index is 0.0206. The Hall–Kier alpha value is -1.95. The summed E-state index contributed by atoms with van der Waals surface area (Å²) in [4.78, 5) is 10.6. The summed E-state index contributed by atoms with van der Waals surface area (Å²) in [7, 11) is 0. The molecule has 0 spiro atoms. The first-order chi connectivity index (χ1) is 7.59. The molecule has 2 aromatic rings. The Balaban J connectivity index is 2.42. The Labute approximate surface area is 90.1 Å². The standard InChI is InChI=1S/C10H10FN3O2/c11-5-2-1-3-7-9(5)8(14-13-7)4-6(12)10(15)16/h1-3,6H,4,12H2,(H,13,14)(H,15,16). The number of hydrogen-bond donors (Lipinski definition) is 3. The van der Waals surface area contributed by atoms with Crippen molar-refractivity contribution >= 4 is 16.9 Å². The van der Waals surface area contributed by atoms with E-state index < -0.39 is 17.8 Å². The first-order valence-corrected chi connectivity index (χ1v) is 4.69. The van der Waals surface area contributed by atoms with Gasteiger partial charge in [0, 0.05) is 12.1 Å². The molecule has 0 fully saturated rings.